The number of nitrogens with one attached hydrogen (secondary N) is 1. The monoisotopic (exact) mass is 347 g/mol. The van der Waals surface area contributed by atoms with Crippen LogP contribution in [0, 0.1) is 6.92 Å². The van der Waals surface area contributed by atoms with E-state index in [1.807, 2.05) is 12.1 Å². The minimum absolute atomic E-state index is 0.0540. The van der Waals surface area contributed by atoms with Gasteiger partial charge in [-0.25, -0.2) is 4.98 Å². The Kier molecular flexibility index (Phi) is 3.63. The van der Waals surface area contributed by atoms with E-state index in [0.717, 1.165) is 17.4 Å². The van der Waals surface area contributed by atoms with Crippen LogP contribution in [0.4, 0.5) is 19.0 Å². The number of nitrogens with zero attached hydrogens (tertiary/aromatic N) is 4. The largest absolute Gasteiger partial charge is 0.453 e. The lowest BCUT2D eigenvalue weighted by atomic mass is 10.0. The van der Waals surface area contributed by atoms with Gasteiger partial charge in [-0.1, -0.05) is 24.3 Å². The molecule has 0 fully saturated rings. The van der Waals surface area contributed by atoms with Crippen LogP contribution in [0.1, 0.15) is 35.0 Å². The van der Waals surface area contributed by atoms with Crippen LogP contribution in [0.2, 0.25) is 0 Å². The smallest absolute Gasteiger partial charge is 0.369 e. The highest BCUT2D eigenvalue weighted by Gasteiger charge is 2.37. The molecule has 0 saturated carbocycles. The van der Waals surface area contributed by atoms with Gasteiger partial charge in [-0.3, -0.25) is 0 Å². The summed E-state index contributed by atoms with van der Waals surface area (Å²) in [5.41, 5.74) is 3.22. The SMILES string of the molecule is Cc1cc(NCC2CCc3ccccc32)n2nc(C(F)(F)F)nc2n1. The minimum Gasteiger partial charge on any atom is -0.369 e. The van der Waals surface area contributed by atoms with Gasteiger partial charge in [0.1, 0.15) is 5.82 Å². The molecule has 0 radical (unpaired) electrons. The molecule has 0 saturated heterocycles. The molecule has 1 aromatic carbocycles. The highest BCUT2D eigenvalue weighted by Crippen LogP contribution is 2.33. The average molecular weight is 347 g/mol. The van der Waals surface area contributed by atoms with Crippen molar-refractivity contribution in [1.29, 1.82) is 0 Å². The predicted octanol–water partition coefficient (Wildman–Crippen LogP) is 3.59. The van der Waals surface area contributed by atoms with Gasteiger partial charge < -0.3 is 5.32 Å². The van der Waals surface area contributed by atoms with Crippen LogP contribution >= 0.6 is 0 Å². The van der Waals surface area contributed by atoms with E-state index in [1.54, 1.807) is 13.0 Å². The number of anilines is 1. The van der Waals surface area contributed by atoms with Crippen LogP contribution in [-0.4, -0.2) is 26.1 Å². The molecule has 2 heterocycles. The summed E-state index contributed by atoms with van der Waals surface area (Å²) in [4.78, 5) is 7.53. The average Bonchev–Trinajstić information content (AvgIpc) is 3.16. The summed E-state index contributed by atoms with van der Waals surface area (Å²) >= 11 is 0. The van der Waals surface area contributed by atoms with Crippen molar-refractivity contribution in [3.63, 3.8) is 0 Å². The second-order valence-electron chi connectivity index (χ2n) is 6.24. The Morgan fingerprint density at radius 1 is 1.24 bits per heavy atom. The van der Waals surface area contributed by atoms with Gasteiger partial charge in [0.15, 0.2) is 0 Å². The Balaban J connectivity index is 1.62. The fourth-order valence-corrected chi connectivity index (χ4v) is 3.32. The number of aromatic nitrogens is 4. The maximum absolute atomic E-state index is 12.9. The van der Waals surface area contributed by atoms with Crippen molar-refractivity contribution in [2.24, 2.45) is 0 Å². The molecule has 2 aromatic heterocycles. The number of aryl methyl sites for hydroxylation is 2. The lowest BCUT2D eigenvalue weighted by Crippen LogP contribution is -2.14. The van der Waals surface area contributed by atoms with Crippen LogP contribution < -0.4 is 5.32 Å². The third-order valence-corrected chi connectivity index (χ3v) is 4.48. The van der Waals surface area contributed by atoms with E-state index >= 15 is 0 Å². The zero-order valence-corrected chi connectivity index (χ0v) is 13.5. The zero-order valence-electron chi connectivity index (χ0n) is 13.5. The quantitative estimate of drug-likeness (QED) is 0.787. The normalized spacial score (nSPS) is 17.0. The Labute approximate surface area is 141 Å². The number of halogens is 3. The Bertz CT molecular complexity index is 932. The van der Waals surface area contributed by atoms with Crippen molar-refractivity contribution in [3.05, 3.63) is 53.0 Å². The van der Waals surface area contributed by atoms with E-state index < -0.39 is 12.0 Å². The predicted molar refractivity (Wildman–Crippen MR) is 86.5 cm³/mol. The van der Waals surface area contributed by atoms with Gasteiger partial charge in [-0.2, -0.15) is 22.7 Å². The maximum Gasteiger partial charge on any atom is 0.453 e. The Hall–Kier alpha value is -2.64. The lowest BCUT2D eigenvalue weighted by Gasteiger charge is -2.14. The third-order valence-electron chi connectivity index (χ3n) is 4.48. The molecular formula is C17H16F3N5. The third kappa shape index (κ3) is 2.92. The highest BCUT2D eigenvalue weighted by molar-refractivity contribution is 5.46. The van der Waals surface area contributed by atoms with Crippen LogP contribution in [0.5, 0.6) is 0 Å². The molecule has 1 atom stereocenters. The molecule has 3 aromatic rings. The molecule has 1 aliphatic rings. The summed E-state index contributed by atoms with van der Waals surface area (Å²) in [5.74, 6) is -0.443. The summed E-state index contributed by atoms with van der Waals surface area (Å²) in [5, 5.41) is 6.80. The summed E-state index contributed by atoms with van der Waals surface area (Å²) in [6.45, 7) is 2.34. The van der Waals surface area contributed by atoms with Gasteiger partial charge in [0.05, 0.1) is 0 Å². The molecule has 0 bridgehead atoms. The summed E-state index contributed by atoms with van der Waals surface area (Å²) < 4.78 is 39.7. The van der Waals surface area contributed by atoms with Gasteiger partial charge >= 0.3 is 6.18 Å². The van der Waals surface area contributed by atoms with Gasteiger partial charge in [0.25, 0.3) is 11.6 Å². The van der Waals surface area contributed by atoms with Crippen molar-refractivity contribution in [1.82, 2.24) is 19.6 Å². The molecular weight excluding hydrogens is 331 g/mol. The fraction of sp³-hybridized carbons (Fsp3) is 0.353. The summed E-state index contributed by atoms with van der Waals surface area (Å²) in [6, 6.07) is 9.95. The highest BCUT2D eigenvalue weighted by atomic mass is 19.4. The first-order chi connectivity index (χ1) is 11.9. The lowest BCUT2D eigenvalue weighted by molar-refractivity contribution is -0.144. The molecule has 5 nitrogen and oxygen atoms in total. The van der Waals surface area contributed by atoms with Gasteiger partial charge in [0, 0.05) is 24.2 Å². The van der Waals surface area contributed by atoms with Crippen molar-refractivity contribution < 1.29 is 13.2 Å². The van der Waals surface area contributed by atoms with Crippen LogP contribution in [0.15, 0.2) is 30.3 Å². The van der Waals surface area contributed by atoms with E-state index in [2.05, 4.69) is 32.5 Å². The first kappa shape index (κ1) is 15.9. The number of fused-ring (bicyclic) bond motifs is 2. The van der Waals surface area contributed by atoms with Crippen molar-refractivity contribution in [2.75, 3.05) is 11.9 Å². The number of rotatable bonds is 3. The molecule has 130 valence electrons. The molecule has 0 amide bonds. The summed E-state index contributed by atoms with van der Waals surface area (Å²) in [7, 11) is 0. The molecule has 1 N–H and O–H groups in total. The number of hydrogen-bond acceptors (Lipinski definition) is 4. The topological polar surface area (TPSA) is 55.1 Å². The maximum atomic E-state index is 12.9. The van der Waals surface area contributed by atoms with E-state index in [1.165, 1.54) is 11.1 Å². The minimum atomic E-state index is -4.59. The van der Waals surface area contributed by atoms with E-state index in [9.17, 15) is 13.2 Å². The van der Waals surface area contributed by atoms with Gasteiger partial charge in [0.2, 0.25) is 0 Å². The Morgan fingerprint density at radius 2 is 2.04 bits per heavy atom. The van der Waals surface area contributed by atoms with Gasteiger partial charge in [-0.15, -0.1) is 5.10 Å². The van der Waals surface area contributed by atoms with E-state index in [4.69, 9.17) is 0 Å². The summed E-state index contributed by atoms with van der Waals surface area (Å²) in [6.07, 6.45) is -2.55. The Morgan fingerprint density at radius 3 is 2.84 bits per heavy atom. The van der Waals surface area contributed by atoms with Crippen LogP contribution in [-0.2, 0) is 12.6 Å². The first-order valence-corrected chi connectivity index (χ1v) is 8.05. The number of hydrogen-bond donors (Lipinski definition) is 1. The van der Waals surface area contributed by atoms with Gasteiger partial charge in [-0.05, 0) is 30.9 Å². The molecule has 25 heavy (non-hydrogen) atoms. The molecule has 1 aliphatic carbocycles. The van der Waals surface area contributed by atoms with Crippen LogP contribution in [0.3, 0.4) is 0 Å². The van der Waals surface area contributed by atoms with E-state index in [-0.39, 0.29) is 5.78 Å². The molecule has 0 aliphatic heterocycles. The van der Waals surface area contributed by atoms with E-state index in [0.29, 0.717) is 24.0 Å². The second kappa shape index (κ2) is 5.72. The fourth-order valence-electron chi connectivity index (χ4n) is 3.32. The molecule has 1 unspecified atom stereocenters. The number of alkyl halides is 3. The standard InChI is InChI=1S/C17H16F3N5/c1-10-8-14(25-16(22-10)23-15(24-25)17(18,19)20)21-9-12-7-6-11-4-2-3-5-13(11)12/h2-5,8,12,21H,6-7,9H2,1H3. The van der Waals surface area contributed by atoms with Crippen molar-refractivity contribution in [2.45, 2.75) is 31.9 Å². The molecule has 0 spiro atoms. The second-order valence-corrected chi connectivity index (χ2v) is 6.24. The molecule has 4 rings (SSSR count). The molecule has 8 heteroatoms. The number of benzene rings is 1. The van der Waals surface area contributed by atoms with Crippen molar-refractivity contribution >= 4 is 11.6 Å². The zero-order chi connectivity index (χ0) is 17.6. The van der Waals surface area contributed by atoms with Crippen LogP contribution in [0.25, 0.3) is 5.78 Å². The first-order valence-electron chi connectivity index (χ1n) is 8.05. The van der Waals surface area contributed by atoms with Crippen molar-refractivity contribution in [3.8, 4) is 0 Å².